The first-order valence-corrected chi connectivity index (χ1v) is 10.2. The molecule has 1 heterocycles. The van der Waals surface area contributed by atoms with Crippen molar-refractivity contribution in [2.75, 3.05) is 25.1 Å². The predicted molar refractivity (Wildman–Crippen MR) is 127 cm³/mol. The fourth-order valence-corrected chi connectivity index (χ4v) is 4.43. The number of anilines is 1. The molecular weight excluding hydrogens is 480 g/mol. The van der Waals surface area contributed by atoms with Gasteiger partial charge in [-0.25, -0.2) is 4.39 Å². The zero-order chi connectivity index (χ0) is 19.4. The van der Waals surface area contributed by atoms with Crippen molar-refractivity contribution in [1.82, 2.24) is 0 Å². The number of ether oxygens (including phenoxy) is 1. The SMILES string of the molecule is I.NC(=NCC1(c2cccc(F)c2)CCOCC1)Nc1cccc2c1CCCC2. The lowest BCUT2D eigenvalue weighted by Crippen LogP contribution is -2.38. The Morgan fingerprint density at radius 2 is 1.86 bits per heavy atom. The molecule has 2 aliphatic rings. The second-order valence-corrected chi connectivity index (χ2v) is 7.88. The lowest BCUT2D eigenvalue weighted by atomic mass is 9.74. The fraction of sp³-hybridized carbons (Fsp3) is 0.435. The van der Waals surface area contributed by atoms with Gasteiger partial charge < -0.3 is 15.8 Å². The van der Waals surface area contributed by atoms with Crippen LogP contribution in [0, 0.1) is 5.82 Å². The van der Waals surface area contributed by atoms with E-state index in [2.05, 4.69) is 28.5 Å². The Bertz CT molecular complexity index is 865. The van der Waals surface area contributed by atoms with E-state index in [0.29, 0.717) is 25.7 Å². The molecule has 0 spiro atoms. The average molecular weight is 509 g/mol. The summed E-state index contributed by atoms with van der Waals surface area (Å²) < 4.78 is 19.4. The van der Waals surface area contributed by atoms with Crippen molar-refractivity contribution >= 4 is 35.6 Å². The minimum absolute atomic E-state index is 0. The average Bonchev–Trinajstić information content (AvgIpc) is 2.73. The molecule has 29 heavy (non-hydrogen) atoms. The maximum absolute atomic E-state index is 13.8. The number of nitrogens with zero attached hydrogens (tertiary/aromatic N) is 1. The number of guanidine groups is 1. The number of nitrogens with two attached hydrogens (primary N) is 1. The number of aliphatic imine (C=N–C) groups is 1. The number of hydrogen-bond acceptors (Lipinski definition) is 2. The lowest BCUT2D eigenvalue weighted by Gasteiger charge is -2.36. The van der Waals surface area contributed by atoms with Crippen LogP contribution in [0.25, 0.3) is 0 Å². The minimum Gasteiger partial charge on any atom is -0.381 e. The van der Waals surface area contributed by atoms with Crippen LogP contribution in [-0.4, -0.2) is 25.7 Å². The Hall–Kier alpha value is -1.67. The van der Waals surface area contributed by atoms with Crippen LogP contribution < -0.4 is 11.1 Å². The Labute approximate surface area is 189 Å². The normalized spacial score (nSPS) is 18.4. The molecule has 2 aromatic carbocycles. The summed E-state index contributed by atoms with van der Waals surface area (Å²) in [6, 6.07) is 13.2. The van der Waals surface area contributed by atoms with Crippen molar-refractivity contribution in [1.29, 1.82) is 0 Å². The molecule has 2 aromatic rings. The fourth-order valence-electron chi connectivity index (χ4n) is 4.43. The van der Waals surface area contributed by atoms with Gasteiger partial charge in [0, 0.05) is 24.3 Å². The standard InChI is InChI=1S/C23H28FN3O.HI/c24-19-8-4-7-18(15-19)23(11-13-28-14-12-23)16-26-22(25)27-21-10-3-6-17-5-1-2-9-20(17)21;/h3-4,6-8,10,15H,1-2,5,9,11-14,16H2,(H3,25,26,27);1H. The highest BCUT2D eigenvalue weighted by atomic mass is 127. The molecule has 0 bridgehead atoms. The van der Waals surface area contributed by atoms with E-state index >= 15 is 0 Å². The topological polar surface area (TPSA) is 59.6 Å². The van der Waals surface area contributed by atoms with Gasteiger partial charge in [-0.15, -0.1) is 24.0 Å². The molecule has 0 radical (unpaired) electrons. The van der Waals surface area contributed by atoms with Crippen LogP contribution in [0.1, 0.15) is 42.4 Å². The van der Waals surface area contributed by atoms with Gasteiger partial charge in [0.15, 0.2) is 5.96 Å². The predicted octanol–water partition coefficient (Wildman–Crippen LogP) is 4.80. The Morgan fingerprint density at radius 3 is 2.66 bits per heavy atom. The summed E-state index contributed by atoms with van der Waals surface area (Å²) in [5, 5.41) is 3.31. The molecular formula is C23H29FIN3O. The van der Waals surface area contributed by atoms with Gasteiger partial charge in [-0.3, -0.25) is 4.99 Å². The Kier molecular flexibility index (Phi) is 7.51. The van der Waals surface area contributed by atoms with E-state index in [1.807, 2.05) is 6.07 Å². The highest BCUT2D eigenvalue weighted by Crippen LogP contribution is 2.35. The molecule has 0 aromatic heterocycles. The van der Waals surface area contributed by atoms with E-state index in [1.165, 1.54) is 30.0 Å². The molecule has 1 aliphatic carbocycles. The van der Waals surface area contributed by atoms with Crippen LogP contribution in [0.5, 0.6) is 0 Å². The maximum Gasteiger partial charge on any atom is 0.193 e. The molecule has 156 valence electrons. The quantitative estimate of drug-likeness (QED) is 0.354. The summed E-state index contributed by atoms with van der Waals surface area (Å²) in [5.74, 6) is 0.204. The van der Waals surface area contributed by atoms with Crippen LogP contribution in [-0.2, 0) is 23.0 Å². The van der Waals surface area contributed by atoms with Crippen molar-refractivity contribution in [3.05, 3.63) is 65.0 Å². The van der Waals surface area contributed by atoms with Gasteiger partial charge in [0.05, 0.1) is 6.54 Å². The summed E-state index contributed by atoms with van der Waals surface area (Å²) in [5.41, 5.74) is 10.8. The summed E-state index contributed by atoms with van der Waals surface area (Å²) in [4.78, 5) is 4.68. The Morgan fingerprint density at radius 1 is 1.10 bits per heavy atom. The molecule has 4 nitrogen and oxygen atoms in total. The zero-order valence-corrected chi connectivity index (χ0v) is 19.0. The second-order valence-electron chi connectivity index (χ2n) is 7.88. The summed E-state index contributed by atoms with van der Waals surface area (Å²) >= 11 is 0. The molecule has 0 amide bonds. The number of fused-ring (bicyclic) bond motifs is 1. The highest BCUT2D eigenvalue weighted by molar-refractivity contribution is 14.0. The third-order valence-corrected chi connectivity index (χ3v) is 6.10. The van der Waals surface area contributed by atoms with Crippen molar-refractivity contribution in [2.24, 2.45) is 10.7 Å². The minimum atomic E-state index is -0.233. The third-order valence-electron chi connectivity index (χ3n) is 6.10. The van der Waals surface area contributed by atoms with Gasteiger partial charge in [0.25, 0.3) is 0 Å². The van der Waals surface area contributed by atoms with E-state index in [4.69, 9.17) is 10.5 Å². The molecule has 0 saturated carbocycles. The number of benzene rings is 2. The van der Waals surface area contributed by atoms with E-state index in [1.54, 1.807) is 12.1 Å². The van der Waals surface area contributed by atoms with Gasteiger partial charge in [0.2, 0.25) is 0 Å². The van der Waals surface area contributed by atoms with Gasteiger partial charge >= 0.3 is 0 Å². The first-order chi connectivity index (χ1) is 13.7. The van der Waals surface area contributed by atoms with E-state index in [-0.39, 0.29) is 35.2 Å². The first-order valence-electron chi connectivity index (χ1n) is 10.2. The van der Waals surface area contributed by atoms with Crippen molar-refractivity contribution in [3.63, 3.8) is 0 Å². The maximum atomic E-state index is 13.8. The molecule has 1 aliphatic heterocycles. The first kappa shape index (κ1) is 22.0. The highest BCUT2D eigenvalue weighted by Gasteiger charge is 2.34. The van der Waals surface area contributed by atoms with Crippen LogP contribution in [0.2, 0.25) is 0 Å². The number of hydrogen-bond donors (Lipinski definition) is 2. The van der Waals surface area contributed by atoms with Gasteiger partial charge in [-0.1, -0.05) is 24.3 Å². The second kappa shape index (κ2) is 9.89. The summed E-state index contributed by atoms with van der Waals surface area (Å²) in [6.07, 6.45) is 6.30. The zero-order valence-electron chi connectivity index (χ0n) is 16.6. The van der Waals surface area contributed by atoms with Gasteiger partial charge in [0.1, 0.15) is 5.82 Å². The lowest BCUT2D eigenvalue weighted by molar-refractivity contribution is 0.0530. The van der Waals surface area contributed by atoms with Gasteiger partial charge in [-0.2, -0.15) is 0 Å². The number of aryl methyl sites for hydroxylation is 1. The third kappa shape index (κ3) is 5.09. The van der Waals surface area contributed by atoms with Crippen LogP contribution >= 0.6 is 24.0 Å². The summed E-state index contributed by atoms with van der Waals surface area (Å²) in [6.45, 7) is 1.84. The molecule has 3 N–H and O–H groups in total. The largest absolute Gasteiger partial charge is 0.381 e. The van der Waals surface area contributed by atoms with E-state index in [9.17, 15) is 4.39 Å². The molecule has 4 rings (SSSR count). The number of nitrogens with one attached hydrogen (secondary N) is 1. The van der Waals surface area contributed by atoms with Crippen LogP contribution in [0.15, 0.2) is 47.5 Å². The smallest absolute Gasteiger partial charge is 0.193 e. The van der Waals surface area contributed by atoms with Gasteiger partial charge in [-0.05, 0) is 73.4 Å². The molecule has 1 saturated heterocycles. The summed E-state index contributed by atoms with van der Waals surface area (Å²) in [7, 11) is 0. The Balaban J connectivity index is 0.00000240. The van der Waals surface area contributed by atoms with Crippen molar-refractivity contribution in [2.45, 2.75) is 43.9 Å². The van der Waals surface area contributed by atoms with Crippen LogP contribution in [0.4, 0.5) is 10.1 Å². The molecule has 6 heteroatoms. The molecule has 0 unspecified atom stereocenters. The molecule has 1 fully saturated rings. The van der Waals surface area contributed by atoms with E-state index < -0.39 is 0 Å². The number of rotatable bonds is 4. The monoisotopic (exact) mass is 509 g/mol. The van der Waals surface area contributed by atoms with Crippen molar-refractivity contribution in [3.8, 4) is 0 Å². The molecule has 0 atom stereocenters. The van der Waals surface area contributed by atoms with Crippen LogP contribution in [0.3, 0.4) is 0 Å². The van der Waals surface area contributed by atoms with Crippen molar-refractivity contribution < 1.29 is 9.13 Å². The van der Waals surface area contributed by atoms with E-state index in [0.717, 1.165) is 36.9 Å². The number of halogens is 2.